The molecule has 1 saturated heterocycles. The van der Waals surface area contributed by atoms with E-state index in [9.17, 15) is 19.2 Å². The molecule has 3 fully saturated rings. The second-order valence-electron chi connectivity index (χ2n) is 9.22. The van der Waals surface area contributed by atoms with E-state index in [1.54, 1.807) is 12.1 Å². The van der Waals surface area contributed by atoms with Crippen LogP contribution in [-0.4, -0.2) is 30.3 Å². The van der Waals surface area contributed by atoms with Crippen molar-refractivity contribution in [2.75, 3.05) is 11.5 Å². The first-order chi connectivity index (χ1) is 15.9. The van der Waals surface area contributed by atoms with Gasteiger partial charge in [-0.15, -0.1) is 0 Å². The Morgan fingerprint density at radius 1 is 0.970 bits per heavy atom. The van der Waals surface area contributed by atoms with Gasteiger partial charge in [-0.3, -0.25) is 19.3 Å². The van der Waals surface area contributed by atoms with Crippen LogP contribution in [0.4, 0.5) is 5.69 Å². The molecule has 0 radical (unpaired) electrons. The van der Waals surface area contributed by atoms with Crippen LogP contribution in [0.25, 0.3) is 0 Å². The number of anilines is 1. The number of benzene rings is 2. The number of carbonyl (C=O) groups excluding carboxylic acids is 4. The molecule has 7 nitrogen and oxygen atoms in total. The number of amides is 3. The van der Waals surface area contributed by atoms with Gasteiger partial charge in [0.05, 0.1) is 29.1 Å². The summed E-state index contributed by atoms with van der Waals surface area (Å²) in [5.41, 5.74) is 1.68. The van der Waals surface area contributed by atoms with Crippen molar-refractivity contribution < 1.29 is 23.9 Å². The fourth-order valence-corrected chi connectivity index (χ4v) is 5.73. The molecule has 0 spiro atoms. The van der Waals surface area contributed by atoms with Gasteiger partial charge in [0.1, 0.15) is 0 Å². The van der Waals surface area contributed by atoms with E-state index < -0.39 is 18.5 Å². The van der Waals surface area contributed by atoms with E-state index in [1.807, 2.05) is 37.3 Å². The number of nitrogens with zero attached hydrogens (tertiary/aromatic N) is 1. The average molecular weight is 447 g/mol. The molecule has 5 atom stereocenters. The molecular formula is C26H26N2O5. The molecule has 170 valence electrons. The van der Waals surface area contributed by atoms with Gasteiger partial charge in [0.25, 0.3) is 5.91 Å². The summed E-state index contributed by atoms with van der Waals surface area (Å²) in [6, 6.07) is 15.5. The highest BCUT2D eigenvalue weighted by atomic mass is 16.5. The molecule has 2 aliphatic carbocycles. The van der Waals surface area contributed by atoms with Gasteiger partial charge in [-0.05, 0) is 67.9 Å². The lowest BCUT2D eigenvalue weighted by molar-refractivity contribution is -0.125. The third-order valence-corrected chi connectivity index (χ3v) is 7.30. The summed E-state index contributed by atoms with van der Waals surface area (Å²) in [5.74, 6) is -0.981. The molecule has 1 heterocycles. The van der Waals surface area contributed by atoms with E-state index >= 15 is 0 Å². The van der Waals surface area contributed by atoms with Crippen LogP contribution < -0.4 is 10.2 Å². The van der Waals surface area contributed by atoms with Crippen molar-refractivity contribution in [1.82, 2.24) is 5.32 Å². The third kappa shape index (κ3) is 3.81. The second kappa shape index (κ2) is 8.46. The number of rotatable bonds is 6. The van der Waals surface area contributed by atoms with Gasteiger partial charge in [-0.25, -0.2) is 4.79 Å². The number of carbonyl (C=O) groups is 4. The van der Waals surface area contributed by atoms with Gasteiger partial charge < -0.3 is 10.1 Å². The fraction of sp³-hybridized carbons (Fsp3) is 0.385. The van der Waals surface area contributed by atoms with E-state index in [4.69, 9.17) is 4.74 Å². The summed E-state index contributed by atoms with van der Waals surface area (Å²) in [7, 11) is 0. The summed E-state index contributed by atoms with van der Waals surface area (Å²) in [6.07, 6.45) is 3.05. The van der Waals surface area contributed by atoms with Gasteiger partial charge in [0, 0.05) is 0 Å². The van der Waals surface area contributed by atoms with E-state index in [1.165, 1.54) is 17.0 Å². The fourth-order valence-electron chi connectivity index (χ4n) is 5.73. The zero-order valence-corrected chi connectivity index (χ0v) is 18.4. The van der Waals surface area contributed by atoms with Crippen molar-refractivity contribution in [2.45, 2.75) is 32.2 Å². The summed E-state index contributed by atoms with van der Waals surface area (Å²) in [5, 5.41) is 2.79. The SMILES string of the molecule is C[C@H](NC(=O)COC(=O)c1ccc(N2C(=O)[C@@H]3[C@H]4CC[C@@H](C4)[C@@H]3C2=O)cc1)c1ccccc1. The minimum absolute atomic E-state index is 0.114. The van der Waals surface area contributed by atoms with Crippen LogP contribution in [0.1, 0.15) is 48.1 Å². The molecule has 2 aromatic rings. The lowest BCUT2D eigenvalue weighted by atomic mass is 9.81. The highest BCUT2D eigenvalue weighted by Gasteiger charge is 2.61. The first kappa shape index (κ1) is 21.4. The van der Waals surface area contributed by atoms with Crippen LogP contribution in [0.3, 0.4) is 0 Å². The third-order valence-electron chi connectivity index (χ3n) is 7.30. The molecule has 0 unspecified atom stereocenters. The van der Waals surface area contributed by atoms with Crippen LogP contribution in [-0.2, 0) is 19.1 Å². The van der Waals surface area contributed by atoms with Crippen LogP contribution in [0.15, 0.2) is 54.6 Å². The van der Waals surface area contributed by atoms with Gasteiger partial charge in [0.15, 0.2) is 6.61 Å². The maximum Gasteiger partial charge on any atom is 0.338 e. The molecule has 2 bridgehead atoms. The van der Waals surface area contributed by atoms with Gasteiger partial charge in [0.2, 0.25) is 11.8 Å². The molecule has 3 amide bonds. The summed E-state index contributed by atoms with van der Waals surface area (Å²) in [6.45, 7) is 1.46. The normalized spacial score (nSPS) is 26.3. The molecular weight excluding hydrogens is 420 g/mol. The quantitative estimate of drug-likeness (QED) is 0.543. The lowest BCUT2D eigenvalue weighted by Gasteiger charge is -2.19. The van der Waals surface area contributed by atoms with Crippen molar-refractivity contribution >= 4 is 29.4 Å². The molecule has 33 heavy (non-hydrogen) atoms. The number of esters is 1. The number of hydrogen-bond donors (Lipinski definition) is 1. The van der Waals surface area contributed by atoms with Crippen LogP contribution in [0.2, 0.25) is 0 Å². The number of ether oxygens (including phenoxy) is 1. The van der Waals surface area contributed by atoms with E-state index in [0.29, 0.717) is 17.5 Å². The number of imide groups is 1. The standard InChI is InChI=1S/C26H26N2O5/c1-15(16-5-3-2-4-6-16)27-21(29)14-33-26(32)17-9-11-20(12-10-17)28-24(30)22-18-7-8-19(13-18)23(22)25(28)31/h2-6,9-12,15,18-19,22-23H,7-8,13-14H2,1H3,(H,27,29)/t15-,18-,19-,22-,23+/m0/s1. The molecule has 1 N–H and O–H groups in total. The smallest absolute Gasteiger partial charge is 0.338 e. The van der Waals surface area contributed by atoms with Gasteiger partial charge in [-0.1, -0.05) is 30.3 Å². The largest absolute Gasteiger partial charge is 0.452 e. The first-order valence-corrected chi connectivity index (χ1v) is 11.4. The summed E-state index contributed by atoms with van der Waals surface area (Å²) in [4.78, 5) is 51.7. The Morgan fingerprint density at radius 2 is 1.58 bits per heavy atom. The predicted octanol–water partition coefficient (Wildman–Crippen LogP) is 3.26. The van der Waals surface area contributed by atoms with Crippen molar-refractivity contribution in [1.29, 1.82) is 0 Å². The Morgan fingerprint density at radius 3 is 2.18 bits per heavy atom. The summed E-state index contributed by atoms with van der Waals surface area (Å²) < 4.78 is 5.13. The van der Waals surface area contributed by atoms with Crippen LogP contribution in [0.5, 0.6) is 0 Å². The molecule has 7 heteroatoms. The highest BCUT2D eigenvalue weighted by Crippen LogP contribution is 2.56. The van der Waals surface area contributed by atoms with E-state index in [0.717, 1.165) is 24.8 Å². The summed E-state index contributed by atoms with van der Waals surface area (Å²) >= 11 is 0. The van der Waals surface area contributed by atoms with Gasteiger partial charge >= 0.3 is 5.97 Å². The van der Waals surface area contributed by atoms with Crippen molar-refractivity contribution in [2.24, 2.45) is 23.7 Å². The molecule has 5 rings (SSSR count). The Kier molecular flexibility index (Phi) is 5.48. The molecule has 2 saturated carbocycles. The lowest BCUT2D eigenvalue weighted by Crippen LogP contribution is -2.32. The molecule has 1 aliphatic heterocycles. The average Bonchev–Trinajstić information content (AvgIpc) is 3.52. The van der Waals surface area contributed by atoms with Crippen LogP contribution in [0, 0.1) is 23.7 Å². The highest BCUT2D eigenvalue weighted by molar-refractivity contribution is 6.22. The first-order valence-electron chi connectivity index (χ1n) is 11.4. The minimum atomic E-state index is -0.641. The zero-order chi connectivity index (χ0) is 23.1. The van der Waals surface area contributed by atoms with Crippen molar-refractivity contribution in [3.63, 3.8) is 0 Å². The second-order valence-corrected chi connectivity index (χ2v) is 9.22. The molecule has 3 aliphatic rings. The Balaban J connectivity index is 1.18. The number of nitrogens with one attached hydrogen (secondary N) is 1. The number of hydrogen-bond acceptors (Lipinski definition) is 5. The van der Waals surface area contributed by atoms with E-state index in [-0.39, 0.29) is 35.3 Å². The van der Waals surface area contributed by atoms with Gasteiger partial charge in [-0.2, -0.15) is 0 Å². The number of fused-ring (bicyclic) bond motifs is 5. The topological polar surface area (TPSA) is 92.8 Å². The van der Waals surface area contributed by atoms with E-state index in [2.05, 4.69) is 5.32 Å². The van der Waals surface area contributed by atoms with Crippen molar-refractivity contribution in [3.8, 4) is 0 Å². The maximum absolute atomic E-state index is 12.9. The maximum atomic E-state index is 12.9. The molecule has 2 aromatic carbocycles. The van der Waals surface area contributed by atoms with Crippen molar-refractivity contribution in [3.05, 3.63) is 65.7 Å². The molecule has 0 aromatic heterocycles. The zero-order valence-electron chi connectivity index (χ0n) is 18.4. The Labute approximate surface area is 192 Å². The van der Waals surface area contributed by atoms with Crippen LogP contribution >= 0.6 is 0 Å². The Bertz CT molecular complexity index is 1070. The minimum Gasteiger partial charge on any atom is -0.452 e. The predicted molar refractivity (Wildman–Crippen MR) is 120 cm³/mol. The Hall–Kier alpha value is -3.48. The monoisotopic (exact) mass is 446 g/mol.